The summed E-state index contributed by atoms with van der Waals surface area (Å²) < 4.78 is 39.6. The van der Waals surface area contributed by atoms with Crippen molar-refractivity contribution in [1.82, 2.24) is 9.21 Å². The molecular weight excluding hydrogens is 281 g/mol. The molecule has 1 aromatic carbocycles. The number of anilines is 1. The highest BCUT2D eigenvalue weighted by Gasteiger charge is 2.25. The first-order chi connectivity index (χ1) is 9.16. The molecule has 0 aliphatic carbocycles. The van der Waals surface area contributed by atoms with E-state index >= 15 is 0 Å². The number of nitrogens with two attached hydrogens (primary N) is 1. The summed E-state index contributed by atoms with van der Waals surface area (Å²) in [6, 6.07) is 2.33. The van der Waals surface area contributed by atoms with E-state index in [1.54, 1.807) is 6.92 Å². The van der Waals surface area contributed by atoms with Crippen LogP contribution >= 0.6 is 0 Å². The van der Waals surface area contributed by atoms with E-state index in [0.717, 1.165) is 16.9 Å². The van der Waals surface area contributed by atoms with Gasteiger partial charge in [-0.15, -0.1) is 0 Å². The van der Waals surface area contributed by atoms with Crippen LogP contribution in [0.25, 0.3) is 0 Å². The van der Waals surface area contributed by atoms with Gasteiger partial charge in [-0.3, -0.25) is 0 Å². The van der Waals surface area contributed by atoms with Gasteiger partial charge in [0.05, 0.1) is 0 Å². The van der Waals surface area contributed by atoms with Crippen LogP contribution in [0.4, 0.5) is 10.1 Å². The number of hydrogen-bond donors (Lipinski definition) is 1. The molecule has 0 radical (unpaired) electrons. The van der Waals surface area contributed by atoms with Gasteiger partial charge in [-0.1, -0.05) is 0 Å². The molecule has 0 heterocycles. The number of sulfonamides is 1. The maximum absolute atomic E-state index is 13.9. The maximum atomic E-state index is 13.9. The average Bonchev–Trinajstić information content (AvgIpc) is 2.32. The van der Waals surface area contributed by atoms with Gasteiger partial charge in [0, 0.05) is 19.3 Å². The summed E-state index contributed by atoms with van der Waals surface area (Å²) in [6.45, 7) is 2.72. The third kappa shape index (κ3) is 3.91. The number of rotatable bonds is 6. The fourth-order valence-electron chi connectivity index (χ4n) is 1.76. The van der Waals surface area contributed by atoms with Crippen molar-refractivity contribution >= 4 is 15.7 Å². The Morgan fingerprint density at radius 3 is 2.35 bits per heavy atom. The number of halogens is 1. The van der Waals surface area contributed by atoms with Crippen molar-refractivity contribution in [3.63, 3.8) is 0 Å². The number of aryl methyl sites for hydroxylation is 1. The number of hydrogen-bond acceptors (Lipinski definition) is 4. The zero-order chi connectivity index (χ0) is 15.5. The SMILES string of the molecule is Cc1cc(F)c(S(=O)(=O)N(C)CCCN(C)C)cc1N. The van der Waals surface area contributed by atoms with E-state index in [4.69, 9.17) is 5.73 Å². The Labute approximate surface area is 120 Å². The van der Waals surface area contributed by atoms with E-state index in [1.165, 1.54) is 13.1 Å². The fraction of sp³-hybridized carbons (Fsp3) is 0.538. The van der Waals surface area contributed by atoms with Crippen LogP contribution in [0.15, 0.2) is 17.0 Å². The monoisotopic (exact) mass is 303 g/mol. The standard InChI is InChI=1S/C13H22FN3O2S/c1-10-8-11(14)13(9-12(10)15)20(18,19)17(4)7-5-6-16(2)3/h8-9H,5-7,15H2,1-4H3. The largest absolute Gasteiger partial charge is 0.398 e. The van der Waals surface area contributed by atoms with Crippen molar-refractivity contribution in [1.29, 1.82) is 0 Å². The Balaban J connectivity index is 2.96. The molecule has 0 saturated carbocycles. The lowest BCUT2D eigenvalue weighted by Crippen LogP contribution is -2.30. The molecule has 114 valence electrons. The van der Waals surface area contributed by atoms with Gasteiger partial charge in [-0.2, -0.15) is 0 Å². The lowest BCUT2D eigenvalue weighted by Gasteiger charge is -2.19. The number of nitrogen functional groups attached to an aromatic ring is 1. The van der Waals surface area contributed by atoms with Crippen molar-refractivity contribution in [2.24, 2.45) is 0 Å². The molecule has 7 heteroatoms. The van der Waals surface area contributed by atoms with Crippen LogP contribution in [0.3, 0.4) is 0 Å². The summed E-state index contributed by atoms with van der Waals surface area (Å²) in [5, 5.41) is 0. The zero-order valence-electron chi connectivity index (χ0n) is 12.4. The maximum Gasteiger partial charge on any atom is 0.245 e. The molecule has 0 saturated heterocycles. The third-order valence-corrected chi connectivity index (χ3v) is 4.96. The molecular formula is C13H22FN3O2S. The average molecular weight is 303 g/mol. The van der Waals surface area contributed by atoms with Gasteiger partial charge < -0.3 is 10.6 Å². The lowest BCUT2D eigenvalue weighted by molar-refractivity contribution is 0.369. The van der Waals surface area contributed by atoms with Crippen LogP contribution < -0.4 is 5.73 Å². The van der Waals surface area contributed by atoms with E-state index in [9.17, 15) is 12.8 Å². The molecule has 2 N–H and O–H groups in total. The van der Waals surface area contributed by atoms with Crippen LogP contribution in [-0.4, -0.2) is 51.9 Å². The summed E-state index contributed by atoms with van der Waals surface area (Å²) in [5.41, 5.74) is 6.46. The fourth-order valence-corrected chi connectivity index (χ4v) is 3.05. The molecule has 0 atom stereocenters. The first kappa shape index (κ1) is 16.9. The summed E-state index contributed by atoms with van der Waals surface area (Å²) >= 11 is 0. The first-order valence-electron chi connectivity index (χ1n) is 6.33. The molecule has 1 aromatic rings. The second-order valence-corrected chi connectivity index (χ2v) is 7.14. The Bertz CT molecular complexity index is 573. The highest BCUT2D eigenvalue weighted by molar-refractivity contribution is 7.89. The predicted octanol–water partition coefficient (Wildman–Crippen LogP) is 1.29. The highest BCUT2D eigenvalue weighted by Crippen LogP contribution is 2.23. The smallest absolute Gasteiger partial charge is 0.245 e. The van der Waals surface area contributed by atoms with Crippen LogP contribution in [0, 0.1) is 12.7 Å². The van der Waals surface area contributed by atoms with E-state index in [-0.39, 0.29) is 10.6 Å². The molecule has 0 amide bonds. The van der Waals surface area contributed by atoms with Gasteiger partial charge >= 0.3 is 0 Å². The second kappa shape index (κ2) is 6.51. The topological polar surface area (TPSA) is 66.6 Å². The minimum absolute atomic E-state index is 0.270. The van der Waals surface area contributed by atoms with E-state index < -0.39 is 15.8 Å². The van der Waals surface area contributed by atoms with Gasteiger partial charge in [0.2, 0.25) is 10.0 Å². The molecule has 0 aliphatic rings. The summed E-state index contributed by atoms with van der Waals surface area (Å²) in [7, 11) is 1.42. The molecule has 5 nitrogen and oxygen atoms in total. The Hall–Kier alpha value is -1.18. The Morgan fingerprint density at radius 1 is 1.20 bits per heavy atom. The zero-order valence-corrected chi connectivity index (χ0v) is 13.2. The van der Waals surface area contributed by atoms with Gasteiger partial charge in [-0.25, -0.2) is 17.1 Å². The second-order valence-electron chi connectivity index (χ2n) is 5.12. The Morgan fingerprint density at radius 2 is 1.80 bits per heavy atom. The summed E-state index contributed by atoms with van der Waals surface area (Å²) in [4.78, 5) is 1.60. The minimum atomic E-state index is -3.85. The van der Waals surface area contributed by atoms with Gasteiger partial charge in [0.25, 0.3) is 0 Å². The number of nitrogens with zero attached hydrogens (tertiary/aromatic N) is 2. The molecule has 0 unspecified atom stereocenters. The van der Waals surface area contributed by atoms with E-state index in [1.807, 2.05) is 19.0 Å². The van der Waals surface area contributed by atoms with Crippen LogP contribution in [0.1, 0.15) is 12.0 Å². The van der Waals surface area contributed by atoms with E-state index in [2.05, 4.69) is 0 Å². The van der Waals surface area contributed by atoms with Crippen molar-refractivity contribution in [3.05, 3.63) is 23.5 Å². The van der Waals surface area contributed by atoms with E-state index in [0.29, 0.717) is 18.5 Å². The molecule has 0 spiro atoms. The third-order valence-electron chi connectivity index (χ3n) is 3.09. The first-order valence-corrected chi connectivity index (χ1v) is 7.77. The highest BCUT2D eigenvalue weighted by atomic mass is 32.2. The van der Waals surface area contributed by atoms with Crippen LogP contribution in [0.2, 0.25) is 0 Å². The van der Waals surface area contributed by atoms with Crippen molar-refractivity contribution in [2.45, 2.75) is 18.2 Å². The normalized spacial score (nSPS) is 12.3. The van der Waals surface area contributed by atoms with Crippen LogP contribution in [0.5, 0.6) is 0 Å². The summed E-state index contributed by atoms with van der Waals surface area (Å²) in [6.07, 6.45) is 0.672. The van der Waals surface area contributed by atoms with Crippen LogP contribution in [-0.2, 0) is 10.0 Å². The van der Waals surface area contributed by atoms with Gasteiger partial charge in [0.15, 0.2) is 0 Å². The summed E-state index contributed by atoms with van der Waals surface area (Å²) in [5.74, 6) is -0.767. The Kier molecular flexibility index (Phi) is 5.50. The molecule has 1 rings (SSSR count). The number of benzene rings is 1. The van der Waals surface area contributed by atoms with Crippen molar-refractivity contribution in [3.8, 4) is 0 Å². The van der Waals surface area contributed by atoms with Crippen molar-refractivity contribution < 1.29 is 12.8 Å². The molecule has 20 heavy (non-hydrogen) atoms. The van der Waals surface area contributed by atoms with Gasteiger partial charge in [-0.05, 0) is 51.7 Å². The minimum Gasteiger partial charge on any atom is -0.398 e. The molecule has 0 fully saturated rings. The molecule has 0 aromatic heterocycles. The predicted molar refractivity (Wildman–Crippen MR) is 78.5 cm³/mol. The molecule has 0 aliphatic heterocycles. The quantitative estimate of drug-likeness (QED) is 0.804. The van der Waals surface area contributed by atoms with Crippen molar-refractivity contribution in [2.75, 3.05) is 40.0 Å². The lowest BCUT2D eigenvalue weighted by atomic mass is 10.2. The molecule has 0 bridgehead atoms. The van der Waals surface area contributed by atoms with Gasteiger partial charge in [0.1, 0.15) is 10.7 Å².